The smallest absolute Gasteiger partial charge is 0.410 e. The predicted molar refractivity (Wildman–Crippen MR) is 122 cm³/mol. The summed E-state index contributed by atoms with van der Waals surface area (Å²) in [6.45, 7) is 7.86. The van der Waals surface area contributed by atoms with Gasteiger partial charge >= 0.3 is 6.09 Å². The molecule has 6 heteroatoms. The van der Waals surface area contributed by atoms with Crippen molar-refractivity contribution in [1.82, 2.24) is 10.2 Å². The molecule has 2 aliphatic rings. The monoisotopic (exact) mass is 432 g/mol. The van der Waals surface area contributed by atoms with Crippen LogP contribution in [-0.2, 0) is 16.0 Å². The first kappa shape index (κ1) is 23.9. The van der Waals surface area contributed by atoms with Crippen LogP contribution in [0.25, 0.3) is 0 Å². The van der Waals surface area contributed by atoms with Gasteiger partial charge in [-0.3, -0.25) is 4.90 Å². The fourth-order valence-corrected chi connectivity index (χ4v) is 5.58. The number of nitrogens with one attached hydrogen (secondary N) is 1. The van der Waals surface area contributed by atoms with E-state index in [0.29, 0.717) is 12.5 Å². The number of benzene rings is 1. The number of fused-ring (bicyclic) bond motifs is 1. The van der Waals surface area contributed by atoms with Gasteiger partial charge in [0.25, 0.3) is 0 Å². The van der Waals surface area contributed by atoms with Crippen molar-refractivity contribution in [3.05, 3.63) is 29.8 Å². The number of hydrogen-bond donors (Lipinski definition) is 1. The van der Waals surface area contributed by atoms with E-state index in [1.54, 1.807) is 7.11 Å². The summed E-state index contributed by atoms with van der Waals surface area (Å²) in [6.07, 6.45) is 6.02. The minimum atomic E-state index is -0.227. The maximum Gasteiger partial charge on any atom is 0.410 e. The zero-order valence-electron chi connectivity index (χ0n) is 19.9. The summed E-state index contributed by atoms with van der Waals surface area (Å²) in [6, 6.07) is 8.56. The van der Waals surface area contributed by atoms with Crippen LogP contribution >= 0.6 is 0 Å². The number of nitrogens with zero attached hydrogens (tertiary/aromatic N) is 1. The molecule has 0 radical (unpaired) electrons. The van der Waals surface area contributed by atoms with E-state index in [1.807, 2.05) is 17.0 Å². The van der Waals surface area contributed by atoms with Crippen LogP contribution in [0.15, 0.2) is 24.3 Å². The lowest BCUT2D eigenvalue weighted by molar-refractivity contribution is -0.0750. The number of methoxy groups -OCH3 is 2. The van der Waals surface area contributed by atoms with Gasteiger partial charge in [0.05, 0.1) is 32.5 Å². The Balaban J connectivity index is 1.79. The summed E-state index contributed by atoms with van der Waals surface area (Å²) in [5, 5.41) is 3.79. The zero-order valence-corrected chi connectivity index (χ0v) is 19.9. The van der Waals surface area contributed by atoms with Gasteiger partial charge in [-0.25, -0.2) is 4.79 Å². The minimum absolute atomic E-state index is 0.0231. The molecule has 1 saturated heterocycles. The molecule has 1 aliphatic heterocycles. The molecule has 0 unspecified atom stereocenters. The SMILES string of the molecule is CCC(CC)(CC)OC[C@H]1[C@@H](NCc2ccc(OC)cc2)[C@H]2CCC[C@H]2N1C(=O)OC. The molecule has 1 aliphatic carbocycles. The minimum Gasteiger partial charge on any atom is -0.497 e. The number of ether oxygens (including phenoxy) is 3. The van der Waals surface area contributed by atoms with Crippen molar-refractivity contribution >= 4 is 6.09 Å². The highest BCUT2D eigenvalue weighted by molar-refractivity contribution is 5.69. The molecule has 2 fully saturated rings. The van der Waals surface area contributed by atoms with E-state index in [0.717, 1.165) is 50.8 Å². The maximum atomic E-state index is 12.8. The van der Waals surface area contributed by atoms with Crippen LogP contribution in [0.1, 0.15) is 64.9 Å². The molecule has 4 atom stereocenters. The van der Waals surface area contributed by atoms with Gasteiger partial charge in [-0.2, -0.15) is 0 Å². The molecule has 0 spiro atoms. The molecule has 1 aromatic carbocycles. The molecule has 174 valence electrons. The Bertz CT molecular complexity index is 696. The Hall–Kier alpha value is -1.79. The highest BCUT2D eigenvalue weighted by atomic mass is 16.5. The average molecular weight is 433 g/mol. The second kappa shape index (κ2) is 10.7. The molecule has 1 aromatic rings. The third kappa shape index (κ3) is 5.01. The predicted octanol–water partition coefficient (Wildman–Crippen LogP) is 4.76. The lowest BCUT2D eigenvalue weighted by Gasteiger charge is -2.36. The van der Waals surface area contributed by atoms with E-state index in [1.165, 1.54) is 12.7 Å². The molecule has 1 N–H and O–H groups in total. The third-order valence-corrected chi connectivity index (χ3v) is 7.70. The van der Waals surface area contributed by atoms with Crippen LogP contribution in [-0.4, -0.2) is 55.5 Å². The normalized spacial score (nSPS) is 25.5. The first-order valence-corrected chi connectivity index (χ1v) is 11.9. The number of hydrogen-bond acceptors (Lipinski definition) is 5. The van der Waals surface area contributed by atoms with Gasteiger partial charge < -0.3 is 19.5 Å². The zero-order chi connectivity index (χ0) is 22.4. The van der Waals surface area contributed by atoms with Crippen molar-refractivity contribution < 1.29 is 19.0 Å². The van der Waals surface area contributed by atoms with Crippen molar-refractivity contribution in [3.63, 3.8) is 0 Å². The lowest BCUT2D eigenvalue weighted by atomic mass is 9.93. The van der Waals surface area contributed by atoms with Crippen LogP contribution in [0.4, 0.5) is 4.79 Å². The topological polar surface area (TPSA) is 60.0 Å². The Morgan fingerprint density at radius 1 is 1.10 bits per heavy atom. The quantitative estimate of drug-likeness (QED) is 0.578. The Kier molecular flexibility index (Phi) is 8.23. The summed E-state index contributed by atoms with van der Waals surface area (Å²) in [7, 11) is 3.16. The maximum absolute atomic E-state index is 12.8. The summed E-state index contributed by atoms with van der Waals surface area (Å²) >= 11 is 0. The summed E-state index contributed by atoms with van der Waals surface area (Å²) in [5.41, 5.74) is 1.08. The highest BCUT2D eigenvalue weighted by Crippen LogP contribution is 2.42. The lowest BCUT2D eigenvalue weighted by Crippen LogP contribution is -2.51. The van der Waals surface area contributed by atoms with E-state index in [2.05, 4.69) is 38.2 Å². The van der Waals surface area contributed by atoms with Crippen molar-refractivity contribution in [2.45, 2.75) is 89.6 Å². The Morgan fingerprint density at radius 3 is 2.35 bits per heavy atom. The van der Waals surface area contributed by atoms with Gasteiger partial charge in [-0.1, -0.05) is 39.3 Å². The van der Waals surface area contributed by atoms with Crippen molar-refractivity contribution in [2.24, 2.45) is 5.92 Å². The first-order chi connectivity index (χ1) is 15.0. The molecule has 31 heavy (non-hydrogen) atoms. The molecule has 1 heterocycles. The average Bonchev–Trinajstić information content (AvgIpc) is 3.39. The molecule has 3 rings (SSSR count). The Morgan fingerprint density at radius 2 is 1.77 bits per heavy atom. The third-order valence-electron chi connectivity index (χ3n) is 7.70. The van der Waals surface area contributed by atoms with Gasteiger partial charge in [0.1, 0.15) is 5.75 Å². The largest absolute Gasteiger partial charge is 0.497 e. The molecular weight excluding hydrogens is 392 g/mol. The molecule has 0 bridgehead atoms. The summed E-state index contributed by atoms with van der Waals surface area (Å²) in [5.74, 6) is 1.30. The van der Waals surface area contributed by atoms with Gasteiger partial charge in [0.2, 0.25) is 0 Å². The number of carbonyl (C=O) groups is 1. The molecule has 1 amide bonds. The van der Waals surface area contributed by atoms with E-state index < -0.39 is 0 Å². The molecule has 1 saturated carbocycles. The van der Waals surface area contributed by atoms with Crippen LogP contribution in [0.3, 0.4) is 0 Å². The number of likely N-dealkylation sites (tertiary alicyclic amines) is 1. The molecule has 6 nitrogen and oxygen atoms in total. The van der Waals surface area contributed by atoms with Gasteiger partial charge in [-0.05, 0) is 55.7 Å². The van der Waals surface area contributed by atoms with Crippen molar-refractivity contribution in [3.8, 4) is 5.75 Å². The van der Waals surface area contributed by atoms with E-state index in [4.69, 9.17) is 14.2 Å². The fourth-order valence-electron chi connectivity index (χ4n) is 5.58. The Labute approximate surface area is 187 Å². The van der Waals surface area contributed by atoms with E-state index in [-0.39, 0.29) is 29.8 Å². The summed E-state index contributed by atoms with van der Waals surface area (Å²) in [4.78, 5) is 14.8. The molecule has 0 aromatic heterocycles. The van der Waals surface area contributed by atoms with Crippen molar-refractivity contribution in [1.29, 1.82) is 0 Å². The van der Waals surface area contributed by atoms with Gasteiger partial charge in [0.15, 0.2) is 0 Å². The standard InChI is InChI=1S/C25H40N2O4/c1-6-25(7-2,8-3)31-17-22-23(26-16-18-12-14-19(29-4)15-13-18)20-10-9-11-21(20)27(22)24(28)30-5/h12-15,20-23,26H,6-11,16-17H2,1-5H3/t20-,21+,22-,23-/m0/s1. The van der Waals surface area contributed by atoms with E-state index in [9.17, 15) is 4.79 Å². The highest BCUT2D eigenvalue weighted by Gasteiger charge is 2.53. The van der Waals surface area contributed by atoms with Crippen LogP contribution in [0.2, 0.25) is 0 Å². The van der Waals surface area contributed by atoms with Crippen LogP contribution in [0.5, 0.6) is 5.75 Å². The van der Waals surface area contributed by atoms with Gasteiger partial charge in [-0.15, -0.1) is 0 Å². The van der Waals surface area contributed by atoms with Gasteiger partial charge in [0, 0.05) is 18.6 Å². The second-order valence-electron chi connectivity index (χ2n) is 8.92. The van der Waals surface area contributed by atoms with Crippen LogP contribution in [0, 0.1) is 5.92 Å². The van der Waals surface area contributed by atoms with Crippen molar-refractivity contribution in [2.75, 3.05) is 20.8 Å². The summed E-state index contributed by atoms with van der Waals surface area (Å²) < 4.78 is 17.0. The molecular formula is C25H40N2O4. The fraction of sp³-hybridized carbons (Fsp3) is 0.720. The number of amides is 1. The van der Waals surface area contributed by atoms with Crippen LogP contribution < -0.4 is 10.1 Å². The van der Waals surface area contributed by atoms with E-state index >= 15 is 0 Å². The number of carbonyl (C=O) groups excluding carboxylic acids is 1. The first-order valence-electron chi connectivity index (χ1n) is 11.9. The number of rotatable bonds is 10. The second-order valence-corrected chi connectivity index (χ2v) is 8.92.